The van der Waals surface area contributed by atoms with E-state index in [1.54, 1.807) is 48.7 Å². The van der Waals surface area contributed by atoms with Gasteiger partial charge in [0.2, 0.25) is 5.91 Å². The number of aryl methyl sites for hydroxylation is 1. The van der Waals surface area contributed by atoms with E-state index in [0.717, 1.165) is 11.3 Å². The fraction of sp³-hybridized carbons (Fsp3) is 0.0952. The van der Waals surface area contributed by atoms with Gasteiger partial charge in [0.25, 0.3) is 5.91 Å². The highest BCUT2D eigenvalue weighted by molar-refractivity contribution is 6.31. The molecule has 0 bridgehead atoms. The van der Waals surface area contributed by atoms with E-state index in [-0.39, 0.29) is 11.8 Å². The van der Waals surface area contributed by atoms with Crippen molar-refractivity contribution in [2.24, 2.45) is 0 Å². The molecule has 2 amide bonds. The van der Waals surface area contributed by atoms with Crippen LogP contribution in [-0.2, 0) is 4.79 Å². The Balaban J connectivity index is 1.73. The molecule has 0 fully saturated rings. The Kier molecular flexibility index (Phi) is 5.91. The van der Waals surface area contributed by atoms with Crippen molar-refractivity contribution in [1.29, 1.82) is 0 Å². The summed E-state index contributed by atoms with van der Waals surface area (Å²) in [5.74, 6) is 0.0662. The van der Waals surface area contributed by atoms with Gasteiger partial charge < -0.3 is 16.0 Å². The zero-order valence-corrected chi connectivity index (χ0v) is 16.2. The molecule has 28 heavy (non-hydrogen) atoms. The highest BCUT2D eigenvalue weighted by atomic mass is 35.5. The number of rotatable bonds is 5. The Labute approximate surface area is 168 Å². The summed E-state index contributed by atoms with van der Waals surface area (Å²) >= 11 is 6.15. The van der Waals surface area contributed by atoms with Crippen LogP contribution in [-0.4, -0.2) is 16.8 Å². The first-order valence-electron chi connectivity index (χ1n) is 8.59. The van der Waals surface area contributed by atoms with Gasteiger partial charge in [-0.2, -0.15) is 0 Å². The van der Waals surface area contributed by atoms with Crippen molar-refractivity contribution >= 4 is 46.3 Å². The fourth-order valence-electron chi connectivity index (χ4n) is 2.54. The van der Waals surface area contributed by atoms with E-state index in [1.807, 2.05) is 19.1 Å². The van der Waals surface area contributed by atoms with Gasteiger partial charge in [0, 0.05) is 40.8 Å². The Morgan fingerprint density at radius 2 is 1.68 bits per heavy atom. The molecule has 0 saturated carbocycles. The Morgan fingerprint density at radius 1 is 0.929 bits per heavy atom. The zero-order valence-electron chi connectivity index (χ0n) is 15.4. The lowest BCUT2D eigenvalue weighted by molar-refractivity contribution is -0.114. The minimum Gasteiger partial charge on any atom is -0.340 e. The monoisotopic (exact) mass is 394 g/mol. The predicted octanol–water partition coefficient (Wildman–Crippen LogP) is 5.00. The smallest absolute Gasteiger partial charge is 0.255 e. The highest BCUT2D eigenvalue weighted by Crippen LogP contribution is 2.23. The fourth-order valence-corrected chi connectivity index (χ4v) is 2.72. The van der Waals surface area contributed by atoms with Gasteiger partial charge in [-0.3, -0.25) is 9.59 Å². The number of halogens is 1. The largest absolute Gasteiger partial charge is 0.340 e. The number of anilines is 4. The second-order valence-corrected chi connectivity index (χ2v) is 6.64. The average molecular weight is 395 g/mol. The molecule has 3 rings (SSSR count). The average Bonchev–Trinajstić information content (AvgIpc) is 2.65. The summed E-state index contributed by atoms with van der Waals surface area (Å²) in [6, 6.07) is 15.8. The van der Waals surface area contributed by atoms with Crippen molar-refractivity contribution in [3.05, 3.63) is 76.9 Å². The topological polar surface area (TPSA) is 83.1 Å². The number of nitrogens with one attached hydrogen (secondary N) is 3. The van der Waals surface area contributed by atoms with Crippen LogP contribution in [0.1, 0.15) is 22.8 Å². The third-order valence-corrected chi connectivity index (χ3v) is 4.31. The van der Waals surface area contributed by atoms with E-state index in [2.05, 4.69) is 20.9 Å². The molecule has 1 heterocycles. The minimum atomic E-state index is -0.285. The number of carbonyl (C=O) groups excluding carboxylic acids is 2. The van der Waals surface area contributed by atoms with Gasteiger partial charge in [0.15, 0.2) is 0 Å². The van der Waals surface area contributed by atoms with Crippen molar-refractivity contribution in [2.45, 2.75) is 13.8 Å². The lowest BCUT2D eigenvalue weighted by Crippen LogP contribution is -2.13. The van der Waals surface area contributed by atoms with Crippen molar-refractivity contribution in [1.82, 2.24) is 4.98 Å². The molecule has 142 valence electrons. The molecule has 3 aromatic rings. The number of amides is 2. The molecule has 0 aliphatic carbocycles. The molecule has 0 spiro atoms. The van der Waals surface area contributed by atoms with Gasteiger partial charge in [-0.1, -0.05) is 23.7 Å². The van der Waals surface area contributed by atoms with Crippen molar-refractivity contribution in [3.8, 4) is 0 Å². The quantitative estimate of drug-likeness (QED) is 0.568. The van der Waals surface area contributed by atoms with E-state index in [1.165, 1.54) is 6.92 Å². The number of carbonyl (C=O) groups is 2. The molecular formula is C21H19ClN4O2. The summed E-state index contributed by atoms with van der Waals surface area (Å²) in [5.41, 5.74) is 3.39. The van der Waals surface area contributed by atoms with Crippen molar-refractivity contribution < 1.29 is 9.59 Å². The molecule has 0 unspecified atom stereocenters. The van der Waals surface area contributed by atoms with Gasteiger partial charge >= 0.3 is 0 Å². The maximum Gasteiger partial charge on any atom is 0.255 e. The van der Waals surface area contributed by atoms with E-state index in [9.17, 15) is 9.59 Å². The third-order valence-electron chi connectivity index (χ3n) is 3.91. The second-order valence-electron chi connectivity index (χ2n) is 6.23. The molecule has 6 nitrogen and oxygen atoms in total. The zero-order chi connectivity index (χ0) is 20.1. The maximum atomic E-state index is 12.6. The van der Waals surface area contributed by atoms with Crippen LogP contribution in [0, 0.1) is 6.92 Å². The summed E-state index contributed by atoms with van der Waals surface area (Å²) in [6.07, 6.45) is 1.56. The predicted molar refractivity (Wildman–Crippen MR) is 112 cm³/mol. The normalized spacial score (nSPS) is 10.2. The van der Waals surface area contributed by atoms with Gasteiger partial charge in [0.1, 0.15) is 5.82 Å². The minimum absolute atomic E-state index is 0.176. The summed E-state index contributed by atoms with van der Waals surface area (Å²) in [7, 11) is 0. The van der Waals surface area contributed by atoms with Crippen LogP contribution in [0.2, 0.25) is 5.02 Å². The second kappa shape index (κ2) is 8.54. The van der Waals surface area contributed by atoms with Crippen LogP contribution in [0.4, 0.5) is 22.9 Å². The molecule has 1 aromatic heterocycles. The molecule has 7 heteroatoms. The molecule has 2 aromatic carbocycles. The summed E-state index contributed by atoms with van der Waals surface area (Å²) in [4.78, 5) is 28.0. The Hall–Kier alpha value is -3.38. The number of pyridine rings is 1. The van der Waals surface area contributed by atoms with Crippen molar-refractivity contribution in [2.75, 3.05) is 16.0 Å². The van der Waals surface area contributed by atoms with Gasteiger partial charge in [-0.15, -0.1) is 0 Å². The molecule has 0 aliphatic heterocycles. The van der Waals surface area contributed by atoms with E-state index >= 15 is 0 Å². The first kappa shape index (κ1) is 19.4. The van der Waals surface area contributed by atoms with Crippen LogP contribution < -0.4 is 16.0 Å². The standard InChI is InChI=1S/C21H19ClN4O2/c1-13-6-7-18(12-19(13)22)25-20-10-15(8-9-23-20)21(28)26-17-5-3-4-16(11-17)24-14(2)27/h3-12H,1-2H3,(H,23,25)(H,24,27)(H,26,28). The van der Waals surface area contributed by atoms with E-state index in [4.69, 9.17) is 11.6 Å². The maximum absolute atomic E-state index is 12.6. The van der Waals surface area contributed by atoms with Crippen LogP contribution in [0.3, 0.4) is 0 Å². The van der Waals surface area contributed by atoms with Crippen LogP contribution in [0.5, 0.6) is 0 Å². The Morgan fingerprint density at radius 3 is 2.39 bits per heavy atom. The molecule has 0 radical (unpaired) electrons. The van der Waals surface area contributed by atoms with Crippen LogP contribution >= 0.6 is 11.6 Å². The first-order chi connectivity index (χ1) is 13.4. The van der Waals surface area contributed by atoms with Crippen LogP contribution in [0.15, 0.2) is 60.8 Å². The number of hydrogen-bond donors (Lipinski definition) is 3. The van der Waals surface area contributed by atoms with Gasteiger partial charge in [-0.25, -0.2) is 4.98 Å². The third kappa shape index (κ3) is 5.08. The Bertz CT molecular complexity index is 1040. The first-order valence-corrected chi connectivity index (χ1v) is 8.97. The highest BCUT2D eigenvalue weighted by Gasteiger charge is 2.09. The van der Waals surface area contributed by atoms with E-state index in [0.29, 0.717) is 27.8 Å². The summed E-state index contributed by atoms with van der Waals surface area (Å²) < 4.78 is 0. The molecule has 0 aliphatic rings. The molecule has 0 atom stereocenters. The number of aromatic nitrogens is 1. The SMILES string of the molecule is CC(=O)Nc1cccc(NC(=O)c2ccnc(Nc3ccc(C)c(Cl)c3)c2)c1. The van der Waals surface area contributed by atoms with E-state index < -0.39 is 0 Å². The van der Waals surface area contributed by atoms with Gasteiger partial charge in [-0.05, 0) is 55.0 Å². The summed E-state index contributed by atoms with van der Waals surface area (Å²) in [5, 5.41) is 9.28. The lowest BCUT2D eigenvalue weighted by atomic mass is 10.2. The molecule has 3 N–H and O–H groups in total. The molecular weight excluding hydrogens is 376 g/mol. The number of hydrogen-bond acceptors (Lipinski definition) is 4. The lowest BCUT2D eigenvalue weighted by Gasteiger charge is -2.10. The van der Waals surface area contributed by atoms with Crippen molar-refractivity contribution in [3.63, 3.8) is 0 Å². The van der Waals surface area contributed by atoms with Crippen LogP contribution in [0.25, 0.3) is 0 Å². The summed E-state index contributed by atoms with van der Waals surface area (Å²) in [6.45, 7) is 3.36. The number of benzene rings is 2. The van der Waals surface area contributed by atoms with Gasteiger partial charge in [0.05, 0.1) is 0 Å². The number of nitrogens with zero attached hydrogens (tertiary/aromatic N) is 1. The molecule has 0 saturated heterocycles.